The number of nitrogens with one attached hydrogen (secondary N) is 1. The second-order valence-corrected chi connectivity index (χ2v) is 4.94. The normalized spacial score (nSPS) is 11.6. The topological polar surface area (TPSA) is 81.4 Å². The third-order valence-corrected chi connectivity index (χ3v) is 3.35. The molecule has 0 unspecified atom stereocenters. The first kappa shape index (κ1) is 13.7. The van der Waals surface area contributed by atoms with Gasteiger partial charge in [-0.3, -0.25) is 4.68 Å². The molecule has 0 fully saturated rings. The zero-order valence-electron chi connectivity index (χ0n) is 10.8. The average molecular weight is 312 g/mol. The molecule has 0 aliphatic rings. The highest BCUT2D eigenvalue weighted by Gasteiger charge is 2.14. The van der Waals surface area contributed by atoms with Crippen LogP contribution < -0.4 is 5.69 Å². The van der Waals surface area contributed by atoms with Crippen molar-refractivity contribution in [2.45, 2.75) is 18.1 Å². The van der Waals surface area contributed by atoms with Crippen molar-refractivity contribution in [3.63, 3.8) is 0 Å². The third kappa shape index (κ3) is 2.53. The van der Waals surface area contributed by atoms with Crippen molar-refractivity contribution < 1.29 is 8.78 Å². The number of aromatic nitrogens is 6. The Kier molecular flexibility index (Phi) is 3.45. The SMILES string of the molecule is CSc1ncc2[nH]c(=O)n(-c3cnn(CC(F)F)c3)c2n1. The lowest BCUT2D eigenvalue weighted by Gasteiger charge is -2.00. The van der Waals surface area contributed by atoms with Crippen LogP contribution in [-0.2, 0) is 6.54 Å². The quantitative estimate of drug-likeness (QED) is 0.580. The lowest BCUT2D eigenvalue weighted by molar-refractivity contribution is 0.122. The molecule has 3 aromatic rings. The summed E-state index contributed by atoms with van der Waals surface area (Å²) in [4.78, 5) is 23.0. The first-order chi connectivity index (χ1) is 10.1. The van der Waals surface area contributed by atoms with Gasteiger partial charge in [-0.15, -0.1) is 0 Å². The van der Waals surface area contributed by atoms with Crippen LogP contribution >= 0.6 is 11.8 Å². The lowest BCUT2D eigenvalue weighted by atomic mass is 10.5. The maximum Gasteiger partial charge on any atom is 0.332 e. The van der Waals surface area contributed by atoms with Gasteiger partial charge in [-0.2, -0.15) is 5.10 Å². The molecule has 3 rings (SSSR count). The number of thioether (sulfide) groups is 1. The summed E-state index contributed by atoms with van der Waals surface area (Å²) >= 11 is 1.34. The smallest absolute Gasteiger partial charge is 0.303 e. The standard InChI is InChI=1S/C11H10F2N6OS/c1-21-10-14-3-7-9(17-10)19(11(20)16-7)6-2-15-18(4-6)5-8(12)13/h2-4,8H,5H2,1H3,(H,16,20). The van der Waals surface area contributed by atoms with E-state index in [0.29, 0.717) is 22.0 Å². The maximum absolute atomic E-state index is 12.3. The highest BCUT2D eigenvalue weighted by molar-refractivity contribution is 7.98. The van der Waals surface area contributed by atoms with Gasteiger partial charge in [0.05, 0.1) is 18.1 Å². The highest BCUT2D eigenvalue weighted by Crippen LogP contribution is 2.16. The zero-order valence-corrected chi connectivity index (χ0v) is 11.6. The number of imidazole rings is 1. The Hall–Kier alpha value is -2.23. The molecule has 0 saturated heterocycles. The van der Waals surface area contributed by atoms with Crippen LogP contribution in [-0.4, -0.2) is 42.0 Å². The van der Waals surface area contributed by atoms with Crippen molar-refractivity contribution in [2.75, 3.05) is 6.26 Å². The molecule has 0 atom stereocenters. The monoisotopic (exact) mass is 312 g/mol. The van der Waals surface area contributed by atoms with Crippen LogP contribution in [0.2, 0.25) is 0 Å². The first-order valence-electron chi connectivity index (χ1n) is 5.91. The second kappa shape index (κ2) is 5.28. The van der Waals surface area contributed by atoms with Gasteiger partial charge in [0.2, 0.25) is 0 Å². The van der Waals surface area contributed by atoms with E-state index in [1.54, 1.807) is 0 Å². The summed E-state index contributed by atoms with van der Waals surface area (Å²) in [5.74, 6) is 0. The van der Waals surface area contributed by atoms with Crippen LogP contribution in [0, 0.1) is 0 Å². The lowest BCUT2D eigenvalue weighted by Crippen LogP contribution is -2.14. The number of H-pyrrole nitrogens is 1. The molecule has 0 bridgehead atoms. The summed E-state index contributed by atoms with van der Waals surface area (Å²) in [5.41, 5.74) is 0.808. The van der Waals surface area contributed by atoms with Crippen LogP contribution in [0.4, 0.5) is 8.78 Å². The van der Waals surface area contributed by atoms with Crippen LogP contribution in [0.1, 0.15) is 0 Å². The van der Waals surface area contributed by atoms with E-state index in [2.05, 4.69) is 20.1 Å². The number of alkyl halides is 2. The molecular formula is C11H10F2N6OS. The molecule has 110 valence electrons. The summed E-state index contributed by atoms with van der Waals surface area (Å²) in [5, 5.41) is 4.33. The van der Waals surface area contributed by atoms with E-state index in [9.17, 15) is 13.6 Å². The van der Waals surface area contributed by atoms with Gasteiger partial charge in [0.25, 0.3) is 6.43 Å². The van der Waals surface area contributed by atoms with E-state index < -0.39 is 18.7 Å². The molecule has 3 heterocycles. The first-order valence-corrected chi connectivity index (χ1v) is 7.13. The molecule has 0 radical (unpaired) electrons. The molecule has 0 aromatic carbocycles. The van der Waals surface area contributed by atoms with Crippen LogP contribution in [0.15, 0.2) is 28.5 Å². The van der Waals surface area contributed by atoms with E-state index in [0.717, 1.165) is 4.68 Å². The fourth-order valence-electron chi connectivity index (χ4n) is 1.93. The molecule has 0 spiro atoms. The Morgan fingerprint density at radius 3 is 2.95 bits per heavy atom. The third-order valence-electron chi connectivity index (χ3n) is 2.79. The van der Waals surface area contributed by atoms with E-state index >= 15 is 0 Å². The molecule has 1 N–H and O–H groups in total. The minimum Gasteiger partial charge on any atom is -0.303 e. The summed E-state index contributed by atoms with van der Waals surface area (Å²) < 4.78 is 27.1. The van der Waals surface area contributed by atoms with Gasteiger partial charge in [0.15, 0.2) is 10.8 Å². The summed E-state index contributed by atoms with van der Waals surface area (Å²) in [6.45, 7) is -0.526. The van der Waals surface area contributed by atoms with Crippen LogP contribution in [0.3, 0.4) is 0 Å². The summed E-state index contributed by atoms with van der Waals surface area (Å²) in [7, 11) is 0. The van der Waals surface area contributed by atoms with Crippen molar-refractivity contribution in [1.82, 2.24) is 29.3 Å². The molecule has 10 heteroatoms. The fourth-order valence-corrected chi connectivity index (χ4v) is 2.27. The van der Waals surface area contributed by atoms with Gasteiger partial charge < -0.3 is 4.98 Å². The van der Waals surface area contributed by atoms with Gasteiger partial charge in [0, 0.05) is 6.20 Å². The number of aromatic amines is 1. The van der Waals surface area contributed by atoms with Gasteiger partial charge in [-0.25, -0.2) is 28.1 Å². The highest BCUT2D eigenvalue weighted by atomic mass is 32.2. The molecule has 21 heavy (non-hydrogen) atoms. The van der Waals surface area contributed by atoms with Crippen molar-refractivity contribution >= 4 is 22.9 Å². The fraction of sp³-hybridized carbons (Fsp3) is 0.273. The molecule has 0 aliphatic carbocycles. The van der Waals surface area contributed by atoms with Crippen molar-refractivity contribution in [3.8, 4) is 5.69 Å². The largest absolute Gasteiger partial charge is 0.332 e. The Balaban J connectivity index is 2.12. The number of rotatable bonds is 4. The Labute approximate surface area is 121 Å². The Morgan fingerprint density at radius 2 is 2.24 bits per heavy atom. The molecule has 3 aromatic heterocycles. The van der Waals surface area contributed by atoms with Gasteiger partial charge in [-0.1, -0.05) is 11.8 Å². The number of hydrogen-bond acceptors (Lipinski definition) is 5. The second-order valence-electron chi connectivity index (χ2n) is 4.17. The van der Waals surface area contributed by atoms with Crippen molar-refractivity contribution in [1.29, 1.82) is 0 Å². The van der Waals surface area contributed by atoms with Crippen molar-refractivity contribution in [2.24, 2.45) is 0 Å². The van der Waals surface area contributed by atoms with Crippen LogP contribution in [0.5, 0.6) is 0 Å². The molecule has 7 nitrogen and oxygen atoms in total. The molecular weight excluding hydrogens is 302 g/mol. The summed E-state index contributed by atoms with van der Waals surface area (Å²) in [6, 6.07) is 0. The predicted molar refractivity (Wildman–Crippen MR) is 73.1 cm³/mol. The van der Waals surface area contributed by atoms with E-state index in [1.165, 1.54) is 34.9 Å². The van der Waals surface area contributed by atoms with E-state index in [-0.39, 0.29) is 0 Å². The minimum absolute atomic E-state index is 0.373. The van der Waals surface area contributed by atoms with E-state index in [1.807, 2.05) is 6.26 Å². The van der Waals surface area contributed by atoms with Crippen LogP contribution in [0.25, 0.3) is 16.9 Å². The van der Waals surface area contributed by atoms with Gasteiger partial charge >= 0.3 is 5.69 Å². The molecule has 0 amide bonds. The van der Waals surface area contributed by atoms with Crippen molar-refractivity contribution in [3.05, 3.63) is 29.1 Å². The summed E-state index contributed by atoms with van der Waals surface area (Å²) in [6.07, 6.45) is 3.54. The average Bonchev–Trinajstić information content (AvgIpc) is 3.00. The zero-order chi connectivity index (χ0) is 15.0. The van der Waals surface area contributed by atoms with E-state index in [4.69, 9.17) is 0 Å². The van der Waals surface area contributed by atoms with Gasteiger partial charge in [0.1, 0.15) is 12.1 Å². The van der Waals surface area contributed by atoms with Gasteiger partial charge in [-0.05, 0) is 6.26 Å². The maximum atomic E-state index is 12.3. The minimum atomic E-state index is -2.51. The Morgan fingerprint density at radius 1 is 1.43 bits per heavy atom. The molecule has 0 saturated carbocycles. The predicted octanol–water partition coefficient (Wildman–Crippen LogP) is 1.29. The number of fused-ring (bicyclic) bond motifs is 1. The number of nitrogens with zero attached hydrogens (tertiary/aromatic N) is 5. The number of halogens is 2. The number of hydrogen-bond donors (Lipinski definition) is 1. The Bertz CT molecular complexity index is 839. The molecule has 0 aliphatic heterocycles.